The molecule has 9 heteroatoms. The topological polar surface area (TPSA) is 57.3 Å². The fraction of sp³-hybridized carbons (Fsp3) is 0.208. The number of pyridine rings is 1. The second-order valence-corrected chi connectivity index (χ2v) is 8.29. The number of methoxy groups -OCH3 is 2. The predicted molar refractivity (Wildman–Crippen MR) is 132 cm³/mol. The molecule has 2 heterocycles. The number of hydrogen-bond acceptors (Lipinski definition) is 6. The van der Waals surface area contributed by atoms with E-state index in [9.17, 15) is 0 Å². The van der Waals surface area contributed by atoms with Crippen LogP contribution in [0.2, 0.25) is 5.02 Å². The summed E-state index contributed by atoms with van der Waals surface area (Å²) in [7, 11) is 5.30. The Morgan fingerprint density at radius 2 is 1.73 bits per heavy atom. The molecule has 7 nitrogen and oxygen atoms in total. The number of nitrogens with zero attached hydrogens (tertiary/aromatic N) is 5. The Balaban J connectivity index is 1.70. The summed E-state index contributed by atoms with van der Waals surface area (Å²) in [4.78, 5) is 6.23. The van der Waals surface area contributed by atoms with E-state index >= 15 is 0 Å². The van der Waals surface area contributed by atoms with Crippen LogP contribution in [0.3, 0.4) is 0 Å². The van der Waals surface area contributed by atoms with Gasteiger partial charge in [0.05, 0.1) is 26.6 Å². The van der Waals surface area contributed by atoms with Gasteiger partial charge in [0.25, 0.3) is 0 Å². The molecule has 33 heavy (non-hydrogen) atoms. The Morgan fingerprint density at radius 3 is 2.39 bits per heavy atom. The van der Waals surface area contributed by atoms with Gasteiger partial charge in [-0.15, -0.1) is 5.10 Å². The number of benzene rings is 2. The normalized spacial score (nSPS) is 11.1. The lowest BCUT2D eigenvalue weighted by molar-refractivity contribution is 0.241. The first-order valence-corrected chi connectivity index (χ1v) is 11.0. The van der Waals surface area contributed by atoms with Crippen molar-refractivity contribution in [2.45, 2.75) is 13.2 Å². The van der Waals surface area contributed by atoms with Crippen LogP contribution >= 0.6 is 23.8 Å². The molecular weight excluding hydrogens is 458 g/mol. The van der Waals surface area contributed by atoms with Crippen molar-refractivity contribution in [3.63, 3.8) is 0 Å². The third-order valence-electron chi connectivity index (χ3n) is 5.17. The highest BCUT2D eigenvalue weighted by Gasteiger charge is 2.16. The Labute approximate surface area is 202 Å². The van der Waals surface area contributed by atoms with Crippen LogP contribution in [0, 0.1) is 4.77 Å². The van der Waals surface area contributed by atoms with Crippen LogP contribution in [-0.4, -0.2) is 45.5 Å². The maximum Gasteiger partial charge on any atom is 0.204 e. The van der Waals surface area contributed by atoms with Crippen molar-refractivity contribution in [3.8, 4) is 28.6 Å². The quantitative estimate of drug-likeness (QED) is 0.321. The largest absolute Gasteiger partial charge is 0.497 e. The monoisotopic (exact) mass is 481 g/mol. The van der Waals surface area contributed by atoms with E-state index in [4.69, 9.17) is 38.4 Å². The fourth-order valence-electron chi connectivity index (χ4n) is 3.59. The van der Waals surface area contributed by atoms with Crippen molar-refractivity contribution >= 4 is 23.8 Å². The minimum atomic E-state index is 0.482. The van der Waals surface area contributed by atoms with E-state index in [1.807, 2.05) is 70.9 Å². The summed E-state index contributed by atoms with van der Waals surface area (Å²) in [6, 6.07) is 17.2. The van der Waals surface area contributed by atoms with Crippen molar-refractivity contribution < 1.29 is 9.47 Å². The third-order valence-corrected chi connectivity index (χ3v) is 5.79. The smallest absolute Gasteiger partial charge is 0.204 e. The van der Waals surface area contributed by atoms with Gasteiger partial charge in [0, 0.05) is 35.1 Å². The Morgan fingerprint density at radius 1 is 1.00 bits per heavy atom. The molecule has 170 valence electrons. The maximum absolute atomic E-state index is 6.20. The first-order valence-electron chi connectivity index (χ1n) is 10.3. The maximum atomic E-state index is 6.20. The Hall–Kier alpha value is -3.20. The van der Waals surface area contributed by atoms with Gasteiger partial charge < -0.3 is 9.47 Å². The van der Waals surface area contributed by atoms with Crippen molar-refractivity contribution in [3.05, 3.63) is 82.3 Å². The molecule has 2 aromatic carbocycles. The number of halogens is 1. The van der Waals surface area contributed by atoms with Crippen LogP contribution in [-0.2, 0) is 13.2 Å². The van der Waals surface area contributed by atoms with Crippen molar-refractivity contribution in [2.24, 2.45) is 0 Å². The summed E-state index contributed by atoms with van der Waals surface area (Å²) in [5, 5.41) is 5.52. The van der Waals surface area contributed by atoms with Crippen LogP contribution in [0.25, 0.3) is 17.1 Å². The second-order valence-electron chi connectivity index (χ2n) is 7.49. The molecule has 2 aromatic heterocycles. The highest BCUT2D eigenvalue weighted by Crippen LogP contribution is 2.26. The van der Waals surface area contributed by atoms with E-state index in [1.165, 1.54) is 0 Å². The standard InChI is InChI=1S/C24H24ClN5O2S/c1-28(15-18-14-19(25)4-9-22(18)32-3)16-29-24(33)30(20-5-7-21(31-2)8-6-20)23(27-29)17-10-12-26-13-11-17/h4-14H,15-16H2,1-3H3. The van der Waals surface area contributed by atoms with E-state index < -0.39 is 0 Å². The molecule has 0 fully saturated rings. The van der Waals surface area contributed by atoms with Crippen LogP contribution in [0.15, 0.2) is 67.0 Å². The third kappa shape index (κ3) is 5.08. The zero-order valence-corrected chi connectivity index (χ0v) is 20.2. The molecule has 0 spiro atoms. The van der Waals surface area contributed by atoms with E-state index in [0.29, 0.717) is 23.0 Å². The van der Waals surface area contributed by atoms with E-state index in [2.05, 4.69) is 9.88 Å². The van der Waals surface area contributed by atoms with Gasteiger partial charge in [0.1, 0.15) is 11.5 Å². The number of ether oxygens (including phenoxy) is 2. The number of aromatic nitrogens is 4. The van der Waals surface area contributed by atoms with Crippen molar-refractivity contribution in [1.29, 1.82) is 0 Å². The molecule has 0 radical (unpaired) electrons. The minimum Gasteiger partial charge on any atom is -0.497 e. The summed E-state index contributed by atoms with van der Waals surface area (Å²) >= 11 is 12.1. The molecule has 0 saturated carbocycles. The second kappa shape index (κ2) is 10.2. The highest BCUT2D eigenvalue weighted by molar-refractivity contribution is 7.71. The molecule has 0 aliphatic carbocycles. The zero-order valence-electron chi connectivity index (χ0n) is 18.6. The van der Waals surface area contributed by atoms with Crippen LogP contribution < -0.4 is 9.47 Å². The summed E-state index contributed by atoms with van der Waals surface area (Å²) in [5.41, 5.74) is 2.81. The van der Waals surface area contributed by atoms with Gasteiger partial charge in [0.15, 0.2) is 5.82 Å². The molecule has 4 aromatic rings. The summed E-state index contributed by atoms with van der Waals surface area (Å²) in [5.74, 6) is 2.30. The lowest BCUT2D eigenvalue weighted by Crippen LogP contribution is -2.23. The molecule has 0 aliphatic rings. The van der Waals surface area contributed by atoms with Gasteiger partial charge in [-0.3, -0.25) is 14.5 Å². The average Bonchev–Trinajstić information content (AvgIpc) is 3.15. The van der Waals surface area contributed by atoms with E-state index in [1.54, 1.807) is 26.6 Å². The molecule has 0 amide bonds. The van der Waals surface area contributed by atoms with Gasteiger partial charge in [-0.2, -0.15) is 0 Å². The fourth-order valence-corrected chi connectivity index (χ4v) is 4.08. The molecule has 0 N–H and O–H groups in total. The van der Waals surface area contributed by atoms with Gasteiger partial charge in [0.2, 0.25) is 4.77 Å². The molecule has 0 atom stereocenters. The molecule has 4 rings (SSSR count). The molecule has 0 unspecified atom stereocenters. The minimum absolute atomic E-state index is 0.482. The number of hydrogen-bond donors (Lipinski definition) is 0. The van der Waals surface area contributed by atoms with Gasteiger partial charge in [-0.05, 0) is 73.9 Å². The van der Waals surface area contributed by atoms with Gasteiger partial charge in [-0.25, -0.2) is 4.68 Å². The Kier molecular flexibility index (Phi) is 7.08. The first-order chi connectivity index (χ1) is 16.0. The molecular formula is C24H24ClN5O2S. The van der Waals surface area contributed by atoms with Crippen molar-refractivity contribution in [1.82, 2.24) is 24.2 Å². The van der Waals surface area contributed by atoms with Crippen LogP contribution in [0.1, 0.15) is 5.56 Å². The molecule has 0 aliphatic heterocycles. The van der Waals surface area contributed by atoms with E-state index in [0.717, 1.165) is 34.1 Å². The lowest BCUT2D eigenvalue weighted by Gasteiger charge is -2.18. The van der Waals surface area contributed by atoms with Crippen molar-refractivity contribution in [2.75, 3.05) is 21.3 Å². The van der Waals surface area contributed by atoms with E-state index in [-0.39, 0.29) is 0 Å². The first kappa shape index (κ1) is 23.0. The molecule has 0 saturated heterocycles. The summed E-state index contributed by atoms with van der Waals surface area (Å²) in [6.07, 6.45) is 3.49. The van der Waals surface area contributed by atoms with Crippen LogP contribution in [0.4, 0.5) is 0 Å². The lowest BCUT2D eigenvalue weighted by atomic mass is 10.2. The zero-order chi connectivity index (χ0) is 23.4. The van der Waals surface area contributed by atoms with Gasteiger partial charge in [-0.1, -0.05) is 11.6 Å². The number of rotatable bonds is 8. The Bertz CT molecular complexity index is 1290. The average molecular weight is 482 g/mol. The molecule has 0 bridgehead atoms. The highest BCUT2D eigenvalue weighted by atomic mass is 35.5. The SMILES string of the molecule is COc1ccc(-n2c(-c3ccncc3)nn(CN(C)Cc3cc(Cl)ccc3OC)c2=S)cc1. The summed E-state index contributed by atoms with van der Waals surface area (Å²) in [6.45, 7) is 1.10. The summed E-state index contributed by atoms with van der Waals surface area (Å²) < 4.78 is 15.1. The van der Waals surface area contributed by atoms with Gasteiger partial charge >= 0.3 is 0 Å². The van der Waals surface area contributed by atoms with Crippen LogP contribution in [0.5, 0.6) is 11.5 Å². The predicted octanol–water partition coefficient (Wildman–Crippen LogP) is 5.23.